The largest absolute Gasteiger partial charge is 0.295 e. The number of halogens is 1. The number of amides is 2. The van der Waals surface area contributed by atoms with Crippen LogP contribution in [0.4, 0.5) is 0 Å². The normalized spacial score (nSPS) is 28.4. The predicted molar refractivity (Wildman–Crippen MR) is 35.6 cm³/mol. The minimum absolute atomic E-state index is 0.139. The third-order valence-electron chi connectivity index (χ3n) is 0.912. The van der Waals surface area contributed by atoms with Crippen LogP contribution in [-0.2, 0) is 9.59 Å². The highest BCUT2D eigenvalue weighted by atomic mass is 127. The number of imide groups is 1. The van der Waals surface area contributed by atoms with Crippen LogP contribution >= 0.6 is 22.6 Å². The Labute approximate surface area is 60.0 Å². The second-order valence-corrected chi connectivity index (χ2v) is 3.09. The van der Waals surface area contributed by atoms with E-state index in [1.54, 1.807) is 0 Å². The van der Waals surface area contributed by atoms with Crippen LogP contribution in [0.3, 0.4) is 0 Å². The Morgan fingerprint density at radius 2 is 2.25 bits per heavy atom. The Balaban J connectivity index is 2.64. The van der Waals surface area contributed by atoms with Crippen LogP contribution in [0, 0.1) is 0 Å². The van der Waals surface area contributed by atoms with E-state index in [0.29, 0.717) is 6.42 Å². The molecule has 1 atom stereocenters. The van der Waals surface area contributed by atoms with E-state index in [1.807, 2.05) is 22.6 Å². The lowest BCUT2D eigenvalue weighted by Gasteiger charge is -1.86. The summed E-state index contributed by atoms with van der Waals surface area (Å²) in [7, 11) is 0. The number of hydrogen-bond donors (Lipinski definition) is 1. The first-order valence-electron chi connectivity index (χ1n) is 2.18. The maximum Gasteiger partial charge on any atom is 0.240 e. The number of rotatable bonds is 0. The van der Waals surface area contributed by atoms with Gasteiger partial charge in [-0.25, -0.2) is 0 Å². The maximum absolute atomic E-state index is 10.4. The molecule has 8 heavy (non-hydrogen) atoms. The number of hydrogen-bond acceptors (Lipinski definition) is 2. The van der Waals surface area contributed by atoms with Gasteiger partial charge in [-0.2, -0.15) is 0 Å². The first kappa shape index (κ1) is 6.00. The van der Waals surface area contributed by atoms with Gasteiger partial charge in [-0.1, -0.05) is 22.6 Å². The molecule has 1 fully saturated rings. The van der Waals surface area contributed by atoms with E-state index in [-0.39, 0.29) is 15.7 Å². The molecule has 1 rings (SSSR count). The average molecular weight is 225 g/mol. The summed E-state index contributed by atoms with van der Waals surface area (Å²) in [6.45, 7) is 0. The third-order valence-corrected chi connectivity index (χ3v) is 1.92. The van der Waals surface area contributed by atoms with Gasteiger partial charge >= 0.3 is 0 Å². The van der Waals surface area contributed by atoms with Crippen LogP contribution in [0.15, 0.2) is 0 Å². The van der Waals surface area contributed by atoms with Crippen LogP contribution in [0.5, 0.6) is 0 Å². The summed E-state index contributed by atoms with van der Waals surface area (Å²) in [5.74, 6) is -0.315. The topological polar surface area (TPSA) is 46.2 Å². The average Bonchev–Trinajstić information content (AvgIpc) is 1.85. The van der Waals surface area contributed by atoms with Crippen molar-refractivity contribution in [1.29, 1.82) is 0 Å². The van der Waals surface area contributed by atoms with Gasteiger partial charge in [-0.05, 0) is 0 Å². The summed E-state index contributed by atoms with van der Waals surface area (Å²) in [5, 5.41) is 2.18. The van der Waals surface area contributed by atoms with Crippen molar-refractivity contribution in [3.05, 3.63) is 0 Å². The Morgan fingerprint density at radius 3 is 2.38 bits per heavy atom. The summed E-state index contributed by atoms with van der Waals surface area (Å²) in [6, 6.07) is 0. The highest BCUT2D eigenvalue weighted by molar-refractivity contribution is 14.1. The minimum atomic E-state index is -0.158. The molecule has 1 aliphatic heterocycles. The lowest BCUT2D eigenvalue weighted by atomic mass is 10.4. The molecule has 1 N–H and O–H groups in total. The van der Waals surface area contributed by atoms with Gasteiger partial charge in [0.25, 0.3) is 0 Å². The quantitative estimate of drug-likeness (QED) is 0.353. The maximum atomic E-state index is 10.4. The van der Waals surface area contributed by atoms with Gasteiger partial charge in [0, 0.05) is 6.42 Å². The van der Waals surface area contributed by atoms with Gasteiger partial charge in [0.15, 0.2) is 0 Å². The second-order valence-electron chi connectivity index (χ2n) is 1.58. The van der Waals surface area contributed by atoms with E-state index in [9.17, 15) is 9.59 Å². The second kappa shape index (κ2) is 2.00. The number of carbonyl (C=O) groups excluding carboxylic acids is 2. The van der Waals surface area contributed by atoms with Gasteiger partial charge < -0.3 is 0 Å². The summed E-state index contributed by atoms with van der Waals surface area (Å²) in [5.41, 5.74) is 0. The molecule has 0 aromatic rings. The SMILES string of the molecule is O=C1C[C@H](I)C(=O)N1. The van der Waals surface area contributed by atoms with E-state index < -0.39 is 0 Å². The molecule has 2 amide bonds. The molecule has 44 valence electrons. The molecule has 1 aliphatic rings. The molecular formula is C4H4INO2. The molecule has 0 radical (unpaired) electrons. The fraction of sp³-hybridized carbons (Fsp3) is 0.500. The van der Waals surface area contributed by atoms with E-state index >= 15 is 0 Å². The molecule has 0 saturated carbocycles. The number of carbonyl (C=O) groups is 2. The summed E-state index contributed by atoms with van der Waals surface area (Å²) >= 11 is 1.94. The molecule has 1 saturated heterocycles. The fourth-order valence-electron chi connectivity index (χ4n) is 0.522. The van der Waals surface area contributed by atoms with Crippen LogP contribution in [0.1, 0.15) is 6.42 Å². The lowest BCUT2D eigenvalue weighted by molar-refractivity contribution is -0.124. The van der Waals surface area contributed by atoms with Crippen molar-refractivity contribution >= 4 is 34.4 Å². The highest BCUT2D eigenvalue weighted by Crippen LogP contribution is 2.10. The first-order valence-corrected chi connectivity index (χ1v) is 3.42. The molecule has 0 aromatic carbocycles. The molecular weight excluding hydrogens is 221 g/mol. The molecule has 1 heterocycles. The van der Waals surface area contributed by atoms with Crippen LogP contribution in [-0.4, -0.2) is 15.7 Å². The van der Waals surface area contributed by atoms with Crippen LogP contribution in [0.2, 0.25) is 0 Å². The zero-order valence-electron chi connectivity index (χ0n) is 3.98. The van der Waals surface area contributed by atoms with Crippen molar-refractivity contribution in [2.24, 2.45) is 0 Å². The van der Waals surface area contributed by atoms with Crippen molar-refractivity contribution in [3.63, 3.8) is 0 Å². The Kier molecular flexibility index (Phi) is 1.50. The Morgan fingerprint density at radius 1 is 1.62 bits per heavy atom. The first-order chi connectivity index (χ1) is 3.70. The third kappa shape index (κ3) is 0.988. The van der Waals surface area contributed by atoms with E-state index in [2.05, 4.69) is 5.32 Å². The van der Waals surface area contributed by atoms with E-state index in [0.717, 1.165) is 0 Å². The molecule has 0 aliphatic carbocycles. The van der Waals surface area contributed by atoms with Crippen molar-refractivity contribution in [2.75, 3.05) is 0 Å². The van der Waals surface area contributed by atoms with Gasteiger partial charge in [-0.15, -0.1) is 0 Å². The fourth-order valence-corrected chi connectivity index (χ4v) is 1.08. The molecule has 4 heteroatoms. The van der Waals surface area contributed by atoms with Crippen molar-refractivity contribution < 1.29 is 9.59 Å². The van der Waals surface area contributed by atoms with Gasteiger partial charge in [0.2, 0.25) is 11.8 Å². The summed E-state index contributed by atoms with van der Waals surface area (Å²) in [4.78, 5) is 20.8. The summed E-state index contributed by atoms with van der Waals surface area (Å²) < 4.78 is -0.139. The predicted octanol–water partition coefficient (Wildman–Crippen LogP) is -0.163. The van der Waals surface area contributed by atoms with Crippen LogP contribution in [0.25, 0.3) is 0 Å². The van der Waals surface area contributed by atoms with E-state index in [1.165, 1.54) is 0 Å². The van der Waals surface area contributed by atoms with Gasteiger partial charge in [-0.3, -0.25) is 14.9 Å². The van der Waals surface area contributed by atoms with E-state index in [4.69, 9.17) is 0 Å². The van der Waals surface area contributed by atoms with Crippen molar-refractivity contribution in [1.82, 2.24) is 5.32 Å². The zero-order chi connectivity index (χ0) is 6.15. The Bertz CT molecular complexity index is 145. The number of alkyl halides is 1. The van der Waals surface area contributed by atoms with Gasteiger partial charge in [0.05, 0.1) is 3.92 Å². The highest BCUT2D eigenvalue weighted by Gasteiger charge is 2.27. The Hall–Kier alpha value is -0.130. The molecule has 3 nitrogen and oxygen atoms in total. The molecule has 0 unspecified atom stereocenters. The van der Waals surface area contributed by atoms with Crippen molar-refractivity contribution in [3.8, 4) is 0 Å². The van der Waals surface area contributed by atoms with Crippen molar-refractivity contribution in [2.45, 2.75) is 10.3 Å². The van der Waals surface area contributed by atoms with Crippen LogP contribution < -0.4 is 5.32 Å². The smallest absolute Gasteiger partial charge is 0.240 e. The monoisotopic (exact) mass is 225 g/mol. The molecule has 0 bridgehead atoms. The zero-order valence-corrected chi connectivity index (χ0v) is 6.14. The van der Waals surface area contributed by atoms with Gasteiger partial charge in [0.1, 0.15) is 0 Å². The molecule has 0 aromatic heterocycles. The molecule has 0 spiro atoms. The number of nitrogens with one attached hydrogen (secondary N) is 1. The lowest BCUT2D eigenvalue weighted by Crippen LogP contribution is -2.21. The summed E-state index contributed by atoms with van der Waals surface area (Å²) in [6.07, 6.45) is 0.347. The minimum Gasteiger partial charge on any atom is -0.295 e. The standard InChI is InChI=1S/C4H4INO2/c5-2-1-3(7)6-4(2)8/h2H,1H2,(H,6,7,8)/t2-/m0/s1.